The van der Waals surface area contributed by atoms with Gasteiger partial charge < -0.3 is 14.6 Å². The Hall–Kier alpha value is -4.27. The Morgan fingerprint density at radius 2 is 1.97 bits per heavy atom. The maximum atomic E-state index is 13.0. The Kier molecular flexibility index (Phi) is 5.21. The van der Waals surface area contributed by atoms with E-state index in [1.807, 2.05) is 17.9 Å². The van der Waals surface area contributed by atoms with Crippen LogP contribution < -0.4 is 10.2 Å². The van der Waals surface area contributed by atoms with E-state index < -0.39 is 10.8 Å². The van der Waals surface area contributed by atoms with Gasteiger partial charge in [-0.3, -0.25) is 14.9 Å². The molecule has 0 spiro atoms. The number of nitrogens with one attached hydrogen (secondary N) is 1. The minimum absolute atomic E-state index is 0.0611. The number of pyridine rings is 1. The quantitative estimate of drug-likeness (QED) is 0.342. The van der Waals surface area contributed by atoms with Crippen LogP contribution in [0.5, 0.6) is 0 Å². The van der Waals surface area contributed by atoms with Crippen LogP contribution in [0.2, 0.25) is 0 Å². The van der Waals surface area contributed by atoms with Crippen molar-refractivity contribution in [3.8, 4) is 11.5 Å². The molecule has 0 saturated carbocycles. The molecule has 1 amide bonds. The summed E-state index contributed by atoms with van der Waals surface area (Å²) in [5, 5.41) is 14.5. The molecule has 9 nitrogen and oxygen atoms in total. The number of anilines is 2. The lowest BCUT2D eigenvalue weighted by Crippen LogP contribution is -2.20. The molecule has 0 aliphatic carbocycles. The van der Waals surface area contributed by atoms with Gasteiger partial charge in [-0.1, -0.05) is 6.07 Å². The Balaban J connectivity index is 1.43. The van der Waals surface area contributed by atoms with E-state index in [4.69, 9.17) is 4.42 Å². The van der Waals surface area contributed by atoms with Crippen LogP contribution in [0.3, 0.4) is 0 Å². The van der Waals surface area contributed by atoms with E-state index >= 15 is 0 Å². The fraction of sp³-hybridized carbons (Fsp3) is 0.208. The summed E-state index contributed by atoms with van der Waals surface area (Å²) in [6.07, 6.45) is 3.66. The van der Waals surface area contributed by atoms with E-state index in [2.05, 4.69) is 15.3 Å². The number of amides is 1. The molecule has 33 heavy (non-hydrogen) atoms. The molecule has 2 aromatic carbocycles. The highest BCUT2D eigenvalue weighted by atomic mass is 16.6. The first-order valence-electron chi connectivity index (χ1n) is 10.7. The highest BCUT2D eigenvalue weighted by Crippen LogP contribution is 2.33. The molecule has 4 aromatic rings. The average Bonchev–Trinajstić information content (AvgIpc) is 3.50. The molecule has 0 radical (unpaired) electrons. The summed E-state index contributed by atoms with van der Waals surface area (Å²) >= 11 is 0. The Morgan fingerprint density at radius 3 is 2.73 bits per heavy atom. The lowest BCUT2D eigenvalue weighted by molar-refractivity contribution is -0.384. The number of nitrogens with zero attached hydrogens (tertiary/aromatic N) is 4. The summed E-state index contributed by atoms with van der Waals surface area (Å²) in [5.74, 6) is -0.0199. The third-order valence-electron chi connectivity index (χ3n) is 5.86. The van der Waals surface area contributed by atoms with Crippen molar-refractivity contribution in [3.05, 3.63) is 76.0 Å². The van der Waals surface area contributed by atoms with Gasteiger partial charge in [-0.15, -0.1) is 0 Å². The van der Waals surface area contributed by atoms with Crippen molar-refractivity contribution in [3.63, 3.8) is 0 Å². The van der Waals surface area contributed by atoms with Gasteiger partial charge in [0.25, 0.3) is 11.6 Å². The van der Waals surface area contributed by atoms with E-state index in [1.54, 1.807) is 42.6 Å². The van der Waals surface area contributed by atoms with Crippen molar-refractivity contribution in [2.24, 2.45) is 0 Å². The van der Waals surface area contributed by atoms with E-state index in [0.717, 1.165) is 37.1 Å². The van der Waals surface area contributed by atoms with Crippen LogP contribution in [0, 0.1) is 17.0 Å². The fourth-order valence-electron chi connectivity index (χ4n) is 4.12. The smallest absolute Gasteiger partial charge is 0.293 e. The molecule has 0 unspecified atom stereocenters. The minimum atomic E-state index is -0.433. The van der Waals surface area contributed by atoms with Crippen LogP contribution in [0.1, 0.15) is 28.8 Å². The van der Waals surface area contributed by atoms with Gasteiger partial charge in [0.05, 0.1) is 4.92 Å². The van der Waals surface area contributed by atoms with E-state index in [0.29, 0.717) is 28.5 Å². The molecule has 1 saturated heterocycles. The van der Waals surface area contributed by atoms with Crippen LogP contribution in [-0.2, 0) is 0 Å². The van der Waals surface area contributed by atoms with Gasteiger partial charge in [-0.25, -0.2) is 4.98 Å². The van der Waals surface area contributed by atoms with Crippen molar-refractivity contribution in [1.82, 2.24) is 9.97 Å². The van der Waals surface area contributed by atoms with Crippen LogP contribution in [0.4, 0.5) is 17.1 Å². The largest absolute Gasteiger partial charge is 0.434 e. The molecule has 2 aromatic heterocycles. The number of nitro groups is 1. The van der Waals surface area contributed by atoms with E-state index in [-0.39, 0.29) is 11.3 Å². The molecule has 9 heteroatoms. The number of rotatable bonds is 5. The minimum Gasteiger partial charge on any atom is -0.434 e. The topological polar surface area (TPSA) is 114 Å². The number of carbonyl (C=O) groups excluding carboxylic acids is 1. The number of nitro benzene ring substituents is 1. The first-order chi connectivity index (χ1) is 16.0. The lowest BCUT2D eigenvalue weighted by atomic mass is 10.1. The highest BCUT2D eigenvalue weighted by Gasteiger charge is 2.24. The number of aromatic nitrogens is 2. The van der Waals surface area contributed by atoms with Gasteiger partial charge in [-0.2, -0.15) is 4.98 Å². The Morgan fingerprint density at radius 1 is 1.15 bits per heavy atom. The molecule has 0 bridgehead atoms. The molecule has 1 N–H and O–H groups in total. The number of hydrogen-bond donors (Lipinski definition) is 1. The number of benzene rings is 2. The summed E-state index contributed by atoms with van der Waals surface area (Å²) in [5.41, 5.74) is 3.85. The summed E-state index contributed by atoms with van der Waals surface area (Å²) in [4.78, 5) is 34.8. The molecule has 3 heterocycles. The van der Waals surface area contributed by atoms with Crippen LogP contribution in [0.25, 0.3) is 22.7 Å². The lowest BCUT2D eigenvalue weighted by Gasteiger charge is -2.18. The second-order valence-electron chi connectivity index (χ2n) is 7.93. The summed E-state index contributed by atoms with van der Waals surface area (Å²) in [7, 11) is 0. The number of carbonyl (C=O) groups is 1. The normalized spacial score (nSPS) is 13.4. The van der Waals surface area contributed by atoms with Gasteiger partial charge in [0.1, 0.15) is 5.69 Å². The van der Waals surface area contributed by atoms with Gasteiger partial charge in [0.2, 0.25) is 5.89 Å². The Labute approximate surface area is 189 Å². The van der Waals surface area contributed by atoms with Crippen molar-refractivity contribution in [2.75, 3.05) is 23.3 Å². The summed E-state index contributed by atoms with van der Waals surface area (Å²) in [6.45, 7) is 3.42. The monoisotopic (exact) mass is 443 g/mol. The van der Waals surface area contributed by atoms with Crippen LogP contribution in [-0.4, -0.2) is 33.9 Å². The van der Waals surface area contributed by atoms with Gasteiger partial charge in [0, 0.05) is 42.2 Å². The maximum absolute atomic E-state index is 13.0. The number of hydrogen-bond acceptors (Lipinski definition) is 7. The SMILES string of the molecule is Cc1c(NC(=O)c2ccc(N3CCCC3)c([N+](=O)[O-])c2)cccc1-c1nc2ncccc2o1. The van der Waals surface area contributed by atoms with Gasteiger partial charge in [-0.05, 0) is 61.7 Å². The third-order valence-corrected chi connectivity index (χ3v) is 5.86. The van der Waals surface area contributed by atoms with E-state index in [1.165, 1.54) is 6.07 Å². The standard InChI is InChI=1S/C24H21N5O4/c1-15-17(24-27-22-21(33-24)8-5-11-25-22)6-4-7-18(15)26-23(30)16-9-10-19(20(14-16)29(31)32)28-12-2-3-13-28/h4-11,14H,2-3,12-13H2,1H3,(H,26,30). The zero-order valence-corrected chi connectivity index (χ0v) is 17.9. The molecule has 1 aliphatic rings. The van der Waals surface area contributed by atoms with Crippen molar-refractivity contribution in [2.45, 2.75) is 19.8 Å². The second-order valence-corrected chi connectivity index (χ2v) is 7.93. The maximum Gasteiger partial charge on any atom is 0.293 e. The fourth-order valence-corrected chi connectivity index (χ4v) is 4.12. The Bertz CT molecular complexity index is 1340. The average molecular weight is 443 g/mol. The first kappa shape index (κ1) is 20.6. The predicted octanol–water partition coefficient (Wildman–Crippen LogP) is 4.96. The summed E-state index contributed by atoms with van der Waals surface area (Å²) in [6, 6.07) is 13.6. The third kappa shape index (κ3) is 3.89. The molecule has 0 atom stereocenters. The van der Waals surface area contributed by atoms with E-state index in [9.17, 15) is 14.9 Å². The molecular weight excluding hydrogens is 422 g/mol. The molecule has 166 valence electrons. The first-order valence-corrected chi connectivity index (χ1v) is 10.7. The molecule has 5 rings (SSSR count). The zero-order chi connectivity index (χ0) is 22.9. The molecule has 1 aliphatic heterocycles. The van der Waals surface area contributed by atoms with Crippen molar-refractivity contribution < 1.29 is 14.1 Å². The van der Waals surface area contributed by atoms with Crippen LogP contribution in [0.15, 0.2) is 59.1 Å². The predicted molar refractivity (Wildman–Crippen MR) is 124 cm³/mol. The van der Waals surface area contributed by atoms with Gasteiger partial charge in [0.15, 0.2) is 11.2 Å². The van der Waals surface area contributed by atoms with Crippen molar-refractivity contribution >= 4 is 34.2 Å². The number of oxazole rings is 1. The van der Waals surface area contributed by atoms with Crippen LogP contribution >= 0.6 is 0 Å². The highest BCUT2D eigenvalue weighted by molar-refractivity contribution is 6.06. The molecule has 1 fully saturated rings. The molecular formula is C24H21N5O4. The number of fused-ring (bicyclic) bond motifs is 1. The van der Waals surface area contributed by atoms with Gasteiger partial charge >= 0.3 is 0 Å². The second kappa shape index (κ2) is 8.34. The zero-order valence-electron chi connectivity index (χ0n) is 17.9. The summed E-state index contributed by atoms with van der Waals surface area (Å²) < 4.78 is 5.82. The van der Waals surface area contributed by atoms with Crippen molar-refractivity contribution in [1.29, 1.82) is 0 Å².